The van der Waals surface area contributed by atoms with Crippen molar-refractivity contribution in [1.82, 2.24) is 15.2 Å². The van der Waals surface area contributed by atoms with Crippen molar-refractivity contribution >= 4 is 23.7 Å². The number of hydrazone groups is 1. The van der Waals surface area contributed by atoms with Gasteiger partial charge in [0.25, 0.3) is 11.8 Å². The lowest BCUT2D eigenvalue weighted by molar-refractivity contribution is -0.118. The normalized spacial score (nSPS) is 13.8. The zero-order chi connectivity index (χ0) is 30.6. The molecule has 0 aromatic heterocycles. The van der Waals surface area contributed by atoms with Gasteiger partial charge in [0.1, 0.15) is 11.5 Å². The molecular formula is C35H37N5O4. The van der Waals surface area contributed by atoms with E-state index in [9.17, 15) is 9.59 Å². The fourth-order valence-electron chi connectivity index (χ4n) is 4.87. The predicted octanol–water partition coefficient (Wildman–Crippen LogP) is 4.79. The van der Waals surface area contributed by atoms with Gasteiger partial charge in [-0.25, -0.2) is 5.43 Å². The van der Waals surface area contributed by atoms with Gasteiger partial charge in [0.15, 0.2) is 6.61 Å². The third kappa shape index (κ3) is 9.26. The molecule has 1 aliphatic heterocycles. The molecule has 0 spiro atoms. The van der Waals surface area contributed by atoms with Crippen LogP contribution in [0.15, 0.2) is 108 Å². The van der Waals surface area contributed by atoms with E-state index in [0.717, 1.165) is 44.8 Å². The van der Waals surface area contributed by atoms with Crippen LogP contribution >= 0.6 is 0 Å². The average Bonchev–Trinajstić information content (AvgIpc) is 3.06. The molecule has 5 rings (SSSR count). The number of carbonyl (C=O) groups is 2. The standard InChI is InChI=1S/C35H37N5O4/c1-43-32-17-13-31(14-18-32)37-34(41)26-44-33-15-9-27(10-16-33)23-36-38-35(42)30-11-7-29(8-12-30)25-40-21-19-39(20-22-40)24-28-5-3-2-4-6-28/h2-18,23H,19-22,24-26H2,1H3,(H,37,41)(H,38,42)/b36-23+. The molecule has 0 radical (unpaired) electrons. The third-order valence-corrected chi connectivity index (χ3v) is 7.34. The molecule has 0 saturated carbocycles. The number of ether oxygens (including phenoxy) is 2. The summed E-state index contributed by atoms with van der Waals surface area (Å²) in [5, 5.41) is 6.85. The third-order valence-electron chi connectivity index (χ3n) is 7.34. The van der Waals surface area contributed by atoms with Crippen molar-refractivity contribution in [3.63, 3.8) is 0 Å². The SMILES string of the molecule is COc1ccc(NC(=O)COc2ccc(/C=N/NC(=O)c3ccc(CN4CCN(Cc5ccccc5)CC4)cc3)cc2)cc1. The number of piperazine rings is 1. The lowest BCUT2D eigenvalue weighted by atomic mass is 10.1. The van der Waals surface area contributed by atoms with Gasteiger partial charge in [0.05, 0.1) is 13.3 Å². The number of carbonyl (C=O) groups excluding carboxylic acids is 2. The number of nitrogens with one attached hydrogen (secondary N) is 2. The topological polar surface area (TPSA) is 95.5 Å². The quantitative estimate of drug-likeness (QED) is 0.182. The highest BCUT2D eigenvalue weighted by Crippen LogP contribution is 2.16. The van der Waals surface area contributed by atoms with E-state index in [-0.39, 0.29) is 18.4 Å². The Morgan fingerprint density at radius 1 is 0.750 bits per heavy atom. The molecule has 0 atom stereocenters. The van der Waals surface area contributed by atoms with Crippen LogP contribution < -0.4 is 20.2 Å². The Kier molecular flexibility index (Phi) is 10.7. The van der Waals surface area contributed by atoms with E-state index in [2.05, 4.69) is 56.0 Å². The van der Waals surface area contributed by atoms with Crippen LogP contribution in [-0.2, 0) is 17.9 Å². The summed E-state index contributed by atoms with van der Waals surface area (Å²) < 4.78 is 10.7. The Morgan fingerprint density at radius 3 is 1.95 bits per heavy atom. The first-order valence-corrected chi connectivity index (χ1v) is 14.6. The van der Waals surface area contributed by atoms with Crippen LogP contribution in [0.25, 0.3) is 0 Å². The lowest BCUT2D eigenvalue weighted by Gasteiger charge is -2.34. The van der Waals surface area contributed by atoms with E-state index >= 15 is 0 Å². The second-order valence-electron chi connectivity index (χ2n) is 10.6. The number of hydrogen-bond donors (Lipinski definition) is 2. The van der Waals surface area contributed by atoms with Crippen molar-refractivity contribution < 1.29 is 19.1 Å². The molecule has 9 heteroatoms. The predicted molar refractivity (Wildman–Crippen MR) is 172 cm³/mol. The van der Waals surface area contributed by atoms with Crippen LogP contribution in [0.4, 0.5) is 5.69 Å². The monoisotopic (exact) mass is 591 g/mol. The summed E-state index contributed by atoms with van der Waals surface area (Å²) in [5.41, 5.74) is 7.11. The van der Waals surface area contributed by atoms with E-state index in [1.165, 1.54) is 11.1 Å². The van der Waals surface area contributed by atoms with Crippen LogP contribution in [0.1, 0.15) is 27.0 Å². The second kappa shape index (κ2) is 15.5. The summed E-state index contributed by atoms with van der Waals surface area (Å²) in [6, 6.07) is 32.4. The summed E-state index contributed by atoms with van der Waals surface area (Å²) in [7, 11) is 1.59. The molecule has 4 aromatic rings. The van der Waals surface area contributed by atoms with Crippen LogP contribution in [0.3, 0.4) is 0 Å². The highest BCUT2D eigenvalue weighted by molar-refractivity contribution is 5.95. The molecule has 1 heterocycles. The van der Waals surface area contributed by atoms with Crippen molar-refractivity contribution in [2.45, 2.75) is 13.1 Å². The molecule has 1 aliphatic rings. The molecule has 9 nitrogen and oxygen atoms in total. The van der Waals surface area contributed by atoms with Crippen molar-refractivity contribution in [2.75, 3.05) is 45.2 Å². The van der Waals surface area contributed by atoms with Crippen molar-refractivity contribution in [3.05, 3.63) is 125 Å². The molecule has 44 heavy (non-hydrogen) atoms. The lowest BCUT2D eigenvalue weighted by Crippen LogP contribution is -2.45. The second-order valence-corrected chi connectivity index (χ2v) is 10.6. The maximum atomic E-state index is 12.6. The summed E-state index contributed by atoms with van der Waals surface area (Å²) >= 11 is 0. The fraction of sp³-hybridized carbons (Fsp3) is 0.229. The molecule has 0 unspecified atom stereocenters. The smallest absolute Gasteiger partial charge is 0.271 e. The van der Waals surface area contributed by atoms with Crippen molar-refractivity contribution in [3.8, 4) is 11.5 Å². The highest BCUT2D eigenvalue weighted by Gasteiger charge is 2.17. The first-order valence-electron chi connectivity index (χ1n) is 14.6. The molecule has 4 aromatic carbocycles. The Bertz CT molecular complexity index is 1520. The van der Waals surface area contributed by atoms with E-state index in [0.29, 0.717) is 22.7 Å². The largest absolute Gasteiger partial charge is 0.497 e. The maximum absolute atomic E-state index is 12.6. The maximum Gasteiger partial charge on any atom is 0.271 e. The zero-order valence-corrected chi connectivity index (χ0v) is 24.8. The van der Waals surface area contributed by atoms with Gasteiger partial charge in [-0.3, -0.25) is 19.4 Å². The van der Waals surface area contributed by atoms with Gasteiger partial charge < -0.3 is 14.8 Å². The highest BCUT2D eigenvalue weighted by atomic mass is 16.5. The van der Waals surface area contributed by atoms with Crippen molar-refractivity contribution in [1.29, 1.82) is 0 Å². The Hall–Kier alpha value is -4.99. The van der Waals surface area contributed by atoms with Crippen LogP contribution in [-0.4, -0.2) is 67.7 Å². The summed E-state index contributed by atoms with van der Waals surface area (Å²) in [6.45, 7) is 5.88. The molecule has 0 aliphatic carbocycles. The van der Waals surface area contributed by atoms with Gasteiger partial charge in [0, 0.05) is 50.5 Å². The number of amides is 2. The minimum absolute atomic E-state index is 0.125. The molecule has 226 valence electrons. The number of rotatable bonds is 12. The minimum atomic E-state index is -0.273. The summed E-state index contributed by atoms with van der Waals surface area (Å²) in [5.74, 6) is 0.719. The number of methoxy groups -OCH3 is 1. The van der Waals surface area contributed by atoms with E-state index < -0.39 is 0 Å². The van der Waals surface area contributed by atoms with Gasteiger partial charge in [-0.2, -0.15) is 5.10 Å². The molecular weight excluding hydrogens is 554 g/mol. The minimum Gasteiger partial charge on any atom is -0.497 e. The van der Waals surface area contributed by atoms with Crippen molar-refractivity contribution in [2.24, 2.45) is 5.10 Å². The Labute approximate surface area is 258 Å². The first-order chi connectivity index (χ1) is 21.5. The van der Waals surface area contributed by atoms with Crippen LogP contribution in [0.2, 0.25) is 0 Å². The Balaban J connectivity index is 1.00. The summed E-state index contributed by atoms with van der Waals surface area (Å²) in [4.78, 5) is 29.7. The van der Waals surface area contributed by atoms with E-state index in [4.69, 9.17) is 9.47 Å². The zero-order valence-electron chi connectivity index (χ0n) is 24.8. The Morgan fingerprint density at radius 2 is 1.34 bits per heavy atom. The molecule has 1 saturated heterocycles. The molecule has 2 N–H and O–H groups in total. The number of hydrogen-bond acceptors (Lipinski definition) is 7. The van der Waals surface area contributed by atoms with Crippen LogP contribution in [0, 0.1) is 0 Å². The first kappa shape index (κ1) is 30.5. The molecule has 0 bridgehead atoms. The van der Waals surface area contributed by atoms with Gasteiger partial charge in [0.2, 0.25) is 0 Å². The van der Waals surface area contributed by atoms with E-state index in [1.807, 2.05) is 24.3 Å². The average molecular weight is 592 g/mol. The van der Waals surface area contributed by atoms with E-state index in [1.54, 1.807) is 61.9 Å². The van der Waals surface area contributed by atoms with Gasteiger partial charge in [-0.1, -0.05) is 42.5 Å². The van der Waals surface area contributed by atoms with Crippen LogP contribution in [0.5, 0.6) is 11.5 Å². The number of benzene rings is 4. The number of nitrogens with zero attached hydrogens (tertiary/aromatic N) is 3. The fourth-order valence-corrected chi connectivity index (χ4v) is 4.87. The van der Waals surface area contributed by atoms with Gasteiger partial charge >= 0.3 is 0 Å². The molecule has 1 fully saturated rings. The number of anilines is 1. The summed E-state index contributed by atoms with van der Waals surface area (Å²) in [6.07, 6.45) is 1.56. The van der Waals surface area contributed by atoms with Gasteiger partial charge in [-0.05, 0) is 77.4 Å². The molecule has 2 amide bonds. The van der Waals surface area contributed by atoms with Gasteiger partial charge in [-0.15, -0.1) is 0 Å².